The molecule has 0 spiro atoms. The number of furan rings is 1. The van der Waals surface area contributed by atoms with E-state index in [2.05, 4.69) is 47.2 Å². The Kier molecular flexibility index (Phi) is 5.88. The van der Waals surface area contributed by atoms with Crippen LogP contribution in [-0.2, 0) is 6.42 Å². The first-order chi connectivity index (χ1) is 10.2. The highest BCUT2D eigenvalue weighted by Crippen LogP contribution is 2.33. The lowest BCUT2D eigenvalue weighted by molar-refractivity contribution is 0.340. The molecule has 1 atom stereocenters. The largest absolute Gasteiger partial charge is 0.494 e. The Hall–Kier alpha value is -1.26. The maximum Gasteiger partial charge on any atom is 0.120 e. The van der Waals surface area contributed by atoms with Gasteiger partial charge in [0.1, 0.15) is 11.5 Å². The molecular weight excluding hydrogens is 330 g/mol. The predicted molar refractivity (Wildman–Crippen MR) is 88.9 cm³/mol. The molecule has 0 saturated carbocycles. The Morgan fingerprint density at radius 1 is 1.19 bits per heavy atom. The number of halogens is 1. The van der Waals surface area contributed by atoms with Gasteiger partial charge in [-0.15, -0.1) is 0 Å². The minimum absolute atomic E-state index is 0.119. The molecule has 0 radical (unpaired) electrons. The van der Waals surface area contributed by atoms with Crippen LogP contribution in [0.4, 0.5) is 0 Å². The van der Waals surface area contributed by atoms with Gasteiger partial charge >= 0.3 is 0 Å². The van der Waals surface area contributed by atoms with E-state index in [4.69, 9.17) is 9.15 Å². The Bertz CT molecular complexity index is 580. The molecule has 3 nitrogen and oxygen atoms in total. The summed E-state index contributed by atoms with van der Waals surface area (Å²) >= 11 is 3.67. The summed E-state index contributed by atoms with van der Waals surface area (Å²) in [5.74, 6) is 1.91. The highest BCUT2D eigenvalue weighted by Gasteiger charge is 2.20. The molecular formula is C17H22BrNO2. The maximum absolute atomic E-state index is 5.58. The van der Waals surface area contributed by atoms with Gasteiger partial charge in [0.15, 0.2) is 0 Å². The zero-order chi connectivity index (χ0) is 15.2. The van der Waals surface area contributed by atoms with Gasteiger partial charge in [-0.3, -0.25) is 0 Å². The zero-order valence-corrected chi connectivity index (χ0v) is 14.4. The van der Waals surface area contributed by atoms with Crippen LogP contribution >= 0.6 is 15.9 Å². The molecule has 1 aromatic heterocycles. The highest BCUT2D eigenvalue weighted by molar-refractivity contribution is 9.10. The SMILES string of the molecule is CCNC(c1ccc(OCC)cc1Br)c1ccoc1CC. The van der Waals surface area contributed by atoms with E-state index < -0.39 is 0 Å². The monoisotopic (exact) mass is 351 g/mol. The number of hydrogen-bond acceptors (Lipinski definition) is 3. The van der Waals surface area contributed by atoms with E-state index in [-0.39, 0.29) is 6.04 Å². The van der Waals surface area contributed by atoms with Gasteiger partial charge in [0.25, 0.3) is 0 Å². The van der Waals surface area contributed by atoms with Gasteiger partial charge in [-0.25, -0.2) is 0 Å². The summed E-state index contributed by atoms with van der Waals surface area (Å²) in [6, 6.07) is 8.31. The fourth-order valence-electron chi connectivity index (χ4n) is 2.49. The highest BCUT2D eigenvalue weighted by atomic mass is 79.9. The van der Waals surface area contributed by atoms with Gasteiger partial charge in [0.2, 0.25) is 0 Å². The standard InChI is InChI=1S/C17H22BrNO2/c1-4-16-14(9-10-21-16)17(19-5-2)13-8-7-12(20-6-3)11-15(13)18/h7-11,17,19H,4-6H2,1-3H3. The van der Waals surface area contributed by atoms with Gasteiger partial charge in [-0.05, 0) is 37.2 Å². The van der Waals surface area contributed by atoms with Crippen LogP contribution in [0.25, 0.3) is 0 Å². The summed E-state index contributed by atoms with van der Waals surface area (Å²) in [5.41, 5.74) is 2.39. The molecule has 114 valence electrons. The lowest BCUT2D eigenvalue weighted by Gasteiger charge is -2.20. The van der Waals surface area contributed by atoms with E-state index in [0.717, 1.165) is 28.9 Å². The summed E-state index contributed by atoms with van der Waals surface area (Å²) < 4.78 is 12.2. The second-order valence-electron chi connectivity index (χ2n) is 4.76. The van der Waals surface area contributed by atoms with Crippen LogP contribution in [0.15, 0.2) is 39.4 Å². The fourth-order valence-corrected chi connectivity index (χ4v) is 3.07. The van der Waals surface area contributed by atoms with Crippen molar-refractivity contribution < 1.29 is 9.15 Å². The van der Waals surface area contributed by atoms with Crippen LogP contribution in [0.3, 0.4) is 0 Å². The normalized spacial score (nSPS) is 12.4. The van der Waals surface area contributed by atoms with E-state index >= 15 is 0 Å². The molecule has 1 aromatic carbocycles. The molecule has 1 N–H and O–H groups in total. The second-order valence-corrected chi connectivity index (χ2v) is 5.61. The van der Waals surface area contributed by atoms with Gasteiger partial charge in [0.05, 0.1) is 18.9 Å². The summed E-state index contributed by atoms with van der Waals surface area (Å²) in [5, 5.41) is 3.54. The van der Waals surface area contributed by atoms with Crippen molar-refractivity contribution in [1.29, 1.82) is 0 Å². The van der Waals surface area contributed by atoms with E-state index in [1.807, 2.05) is 19.1 Å². The molecule has 0 saturated heterocycles. The third-order valence-electron chi connectivity index (χ3n) is 3.41. The topological polar surface area (TPSA) is 34.4 Å². The van der Waals surface area contributed by atoms with Crippen molar-refractivity contribution in [3.05, 3.63) is 51.9 Å². The summed E-state index contributed by atoms with van der Waals surface area (Å²) in [6.45, 7) is 7.77. The molecule has 2 aromatic rings. The molecule has 0 aliphatic carbocycles. The number of benzene rings is 1. The molecule has 0 fully saturated rings. The average Bonchev–Trinajstić information content (AvgIpc) is 2.94. The van der Waals surface area contributed by atoms with Crippen LogP contribution in [0.5, 0.6) is 5.75 Å². The molecule has 21 heavy (non-hydrogen) atoms. The van der Waals surface area contributed by atoms with Crippen molar-refractivity contribution in [2.24, 2.45) is 0 Å². The van der Waals surface area contributed by atoms with Gasteiger partial charge < -0.3 is 14.5 Å². The van der Waals surface area contributed by atoms with Crippen molar-refractivity contribution in [3.8, 4) is 5.75 Å². The molecule has 1 heterocycles. The Morgan fingerprint density at radius 3 is 2.62 bits per heavy atom. The number of aryl methyl sites for hydroxylation is 1. The molecule has 0 aliphatic heterocycles. The first-order valence-electron chi connectivity index (χ1n) is 7.43. The molecule has 1 unspecified atom stereocenters. The lowest BCUT2D eigenvalue weighted by atomic mass is 9.98. The van der Waals surface area contributed by atoms with Crippen molar-refractivity contribution in [3.63, 3.8) is 0 Å². The Balaban J connectivity index is 2.38. The van der Waals surface area contributed by atoms with Crippen molar-refractivity contribution in [2.75, 3.05) is 13.2 Å². The minimum Gasteiger partial charge on any atom is -0.494 e. The van der Waals surface area contributed by atoms with E-state index in [0.29, 0.717) is 6.61 Å². The first-order valence-corrected chi connectivity index (χ1v) is 8.22. The first kappa shape index (κ1) is 16.1. The summed E-state index contributed by atoms with van der Waals surface area (Å²) in [7, 11) is 0. The number of nitrogens with one attached hydrogen (secondary N) is 1. The lowest BCUT2D eigenvalue weighted by Crippen LogP contribution is -2.22. The van der Waals surface area contributed by atoms with Crippen LogP contribution in [-0.4, -0.2) is 13.2 Å². The molecule has 0 amide bonds. The molecule has 0 bridgehead atoms. The number of hydrogen-bond donors (Lipinski definition) is 1. The third kappa shape index (κ3) is 3.69. The van der Waals surface area contributed by atoms with Crippen molar-refractivity contribution >= 4 is 15.9 Å². The molecule has 2 rings (SSSR count). The Morgan fingerprint density at radius 2 is 2.00 bits per heavy atom. The summed E-state index contributed by atoms with van der Waals surface area (Å²) in [6.07, 6.45) is 2.65. The van der Waals surface area contributed by atoms with E-state index in [9.17, 15) is 0 Å². The Labute approximate surface area is 134 Å². The molecule has 4 heteroatoms. The van der Waals surface area contributed by atoms with Gasteiger partial charge in [-0.2, -0.15) is 0 Å². The fraction of sp³-hybridized carbons (Fsp3) is 0.412. The van der Waals surface area contributed by atoms with Crippen LogP contribution in [0.2, 0.25) is 0 Å². The average molecular weight is 352 g/mol. The van der Waals surface area contributed by atoms with E-state index in [1.165, 1.54) is 11.1 Å². The number of rotatable bonds is 7. The minimum atomic E-state index is 0.119. The second kappa shape index (κ2) is 7.66. The molecule has 0 aliphatic rings. The maximum atomic E-state index is 5.58. The third-order valence-corrected chi connectivity index (χ3v) is 4.10. The van der Waals surface area contributed by atoms with Crippen LogP contribution in [0.1, 0.15) is 43.7 Å². The van der Waals surface area contributed by atoms with Crippen molar-refractivity contribution in [2.45, 2.75) is 33.2 Å². The smallest absolute Gasteiger partial charge is 0.120 e. The van der Waals surface area contributed by atoms with E-state index in [1.54, 1.807) is 6.26 Å². The van der Waals surface area contributed by atoms with Gasteiger partial charge in [-0.1, -0.05) is 35.8 Å². The zero-order valence-electron chi connectivity index (χ0n) is 12.8. The quantitative estimate of drug-likeness (QED) is 0.784. The summed E-state index contributed by atoms with van der Waals surface area (Å²) in [4.78, 5) is 0. The number of ether oxygens (including phenoxy) is 1. The van der Waals surface area contributed by atoms with Crippen molar-refractivity contribution in [1.82, 2.24) is 5.32 Å². The van der Waals surface area contributed by atoms with Crippen LogP contribution < -0.4 is 10.1 Å². The predicted octanol–water partition coefficient (Wildman–Crippen LogP) is 4.70. The van der Waals surface area contributed by atoms with Gasteiger partial charge in [0, 0.05) is 16.5 Å². The van der Waals surface area contributed by atoms with Crippen LogP contribution in [0, 0.1) is 0 Å².